The fraction of sp³-hybridized carbons (Fsp3) is 0.238. The van der Waals surface area contributed by atoms with Crippen molar-refractivity contribution in [3.05, 3.63) is 66.4 Å². The van der Waals surface area contributed by atoms with E-state index in [1.54, 1.807) is 17.1 Å². The number of aliphatic hydroxyl groups is 1. The highest BCUT2D eigenvalue weighted by atomic mass is 32.1. The number of aliphatic hydroxyl groups excluding tert-OH is 1. The van der Waals surface area contributed by atoms with Gasteiger partial charge in [0.05, 0.1) is 47.8 Å². The SMILES string of the molecule is CCC[C@H](N)c1cccc(-c2ccc3cnn(-c4cncc(CO)n4)c3c2)n1.S. The van der Waals surface area contributed by atoms with E-state index in [2.05, 4.69) is 22.0 Å². The molecule has 0 saturated carbocycles. The van der Waals surface area contributed by atoms with Gasteiger partial charge in [-0.25, -0.2) is 9.67 Å². The summed E-state index contributed by atoms with van der Waals surface area (Å²) >= 11 is 0. The van der Waals surface area contributed by atoms with Crippen LogP contribution in [0.5, 0.6) is 0 Å². The molecule has 3 N–H and O–H groups in total. The predicted octanol–water partition coefficient (Wildman–Crippen LogP) is 3.28. The molecule has 3 heterocycles. The first-order valence-electron chi connectivity index (χ1n) is 9.32. The van der Waals surface area contributed by atoms with Crippen LogP contribution >= 0.6 is 13.5 Å². The number of aromatic nitrogens is 5. The van der Waals surface area contributed by atoms with Crippen LogP contribution in [0, 0.1) is 0 Å². The van der Waals surface area contributed by atoms with Gasteiger partial charge in [-0.2, -0.15) is 18.6 Å². The first-order chi connectivity index (χ1) is 13.7. The van der Waals surface area contributed by atoms with Crippen LogP contribution in [0.4, 0.5) is 0 Å². The lowest BCUT2D eigenvalue weighted by atomic mass is 10.1. The Morgan fingerprint density at radius 2 is 1.97 bits per heavy atom. The summed E-state index contributed by atoms with van der Waals surface area (Å²) in [7, 11) is 0. The maximum Gasteiger partial charge on any atom is 0.172 e. The first-order valence-corrected chi connectivity index (χ1v) is 9.32. The van der Waals surface area contributed by atoms with Crippen LogP contribution in [-0.4, -0.2) is 29.8 Å². The van der Waals surface area contributed by atoms with Gasteiger partial charge in [0.15, 0.2) is 5.82 Å². The zero-order chi connectivity index (χ0) is 19.5. The van der Waals surface area contributed by atoms with Crippen molar-refractivity contribution in [2.45, 2.75) is 32.4 Å². The maximum atomic E-state index is 9.32. The summed E-state index contributed by atoms with van der Waals surface area (Å²) in [6.07, 6.45) is 6.87. The number of hydrogen-bond acceptors (Lipinski definition) is 6. The molecule has 0 aliphatic rings. The smallest absolute Gasteiger partial charge is 0.172 e. The summed E-state index contributed by atoms with van der Waals surface area (Å²) < 4.78 is 1.72. The van der Waals surface area contributed by atoms with E-state index in [0.717, 1.165) is 40.7 Å². The Morgan fingerprint density at radius 1 is 1.10 bits per heavy atom. The molecule has 150 valence electrons. The average Bonchev–Trinajstić information content (AvgIpc) is 3.17. The molecule has 0 spiro atoms. The zero-order valence-electron chi connectivity index (χ0n) is 16.2. The molecular weight excluding hydrogens is 384 g/mol. The number of nitrogens with two attached hydrogens (primary N) is 1. The van der Waals surface area contributed by atoms with Crippen molar-refractivity contribution >= 4 is 24.4 Å². The first kappa shape index (κ1) is 20.9. The van der Waals surface area contributed by atoms with E-state index in [0.29, 0.717) is 11.5 Å². The quantitative estimate of drug-likeness (QED) is 0.507. The van der Waals surface area contributed by atoms with Crippen LogP contribution in [-0.2, 0) is 6.61 Å². The molecule has 0 aliphatic carbocycles. The molecule has 1 aromatic carbocycles. The Morgan fingerprint density at radius 3 is 2.76 bits per heavy atom. The summed E-state index contributed by atoms with van der Waals surface area (Å²) in [5.74, 6) is 0.561. The predicted molar refractivity (Wildman–Crippen MR) is 118 cm³/mol. The van der Waals surface area contributed by atoms with Crippen molar-refractivity contribution in [2.75, 3.05) is 0 Å². The molecule has 0 radical (unpaired) electrons. The second-order valence-electron chi connectivity index (χ2n) is 6.70. The molecule has 1 atom stereocenters. The number of nitrogens with zero attached hydrogens (tertiary/aromatic N) is 5. The number of pyridine rings is 1. The lowest BCUT2D eigenvalue weighted by molar-refractivity contribution is 0.276. The molecule has 0 amide bonds. The molecule has 8 heteroatoms. The van der Waals surface area contributed by atoms with Gasteiger partial charge in [0, 0.05) is 17.0 Å². The van der Waals surface area contributed by atoms with Gasteiger partial charge in [-0.15, -0.1) is 0 Å². The van der Waals surface area contributed by atoms with E-state index in [9.17, 15) is 5.11 Å². The van der Waals surface area contributed by atoms with Crippen LogP contribution in [0.1, 0.15) is 37.2 Å². The van der Waals surface area contributed by atoms with Gasteiger partial charge >= 0.3 is 0 Å². The van der Waals surface area contributed by atoms with Gasteiger partial charge in [0.2, 0.25) is 0 Å². The Hall–Kier alpha value is -2.81. The van der Waals surface area contributed by atoms with E-state index in [1.807, 2.05) is 36.4 Å². The Labute approximate surface area is 176 Å². The maximum absolute atomic E-state index is 9.32. The fourth-order valence-electron chi connectivity index (χ4n) is 3.21. The molecule has 0 saturated heterocycles. The van der Waals surface area contributed by atoms with E-state index in [4.69, 9.17) is 10.7 Å². The molecule has 3 aromatic heterocycles. The summed E-state index contributed by atoms with van der Waals surface area (Å²) in [5, 5.41) is 14.7. The lowest BCUT2D eigenvalue weighted by Crippen LogP contribution is -2.11. The van der Waals surface area contributed by atoms with Gasteiger partial charge in [0.25, 0.3) is 0 Å². The van der Waals surface area contributed by atoms with Crippen LogP contribution in [0.3, 0.4) is 0 Å². The highest BCUT2D eigenvalue weighted by Crippen LogP contribution is 2.26. The molecule has 0 aliphatic heterocycles. The normalized spacial score (nSPS) is 12.0. The van der Waals surface area contributed by atoms with Crippen molar-refractivity contribution < 1.29 is 5.11 Å². The lowest BCUT2D eigenvalue weighted by Gasteiger charge is -2.11. The highest BCUT2D eigenvalue weighted by Gasteiger charge is 2.11. The third-order valence-electron chi connectivity index (χ3n) is 4.67. The Kier molecular flexibility index (Phi) is 6.58. The van der Waals surface area contributed by atoms with Gasteiger partial charge in [0.1, 0.15) is 0 Å². The van der Waals surface area contributed by atoms with Crippen molar-refractivity contribution in [1.82, 2.24) is 24.7 Å². The van der Waals surface area contributed by atoms with Crippen LogP contribution in [0.25, 0.3) is 28.0 Å². The molecule has 0 unspecified atom stereocenters. The molecule has 0 fully saturated rings. The van der Waals surface area contributed by atoms with E-state index < -0.39 is 0 Å². The summed E-state index contributed by atoms with van der Waals surface area (Å²) in [6.45, 7) is 1.95. The van der Waals surface area contributed by atoms with Crippen LogP contribution in [0.2, 0.25) is 0 Å². The van der Waals surface area contributed by atoms with Crippen LogP contribution < -0.4 is 5.73 Å². The average molecular weight is 409 g/mol. The monoisotopic (exact) mass is 408 g/mol. The number of fused-ring (bicyclic) bond motifs is 1. The minimum absolute atomic E-state index is 0. The van der Waals surface area contributed by atoms with Gasteiger partial charge in [-0.05, 0) is 24.6 Å². The minimum atomic E-state index is -0.167. The zero-order valence-corrected chi connectivity index (χ0v) is 17.2. The number of benzene rings is 1. The number of hydrogen-bond donors (Lipinski definition) is 2. The van der Waals surface area contributed by atoms with Crippen molar-refractivity contribution in [1.29, 1.82) is 0 Å². The standard InChI is InChI=1S/C21H22N6O.H2S/c1-2-4-17(22)19-6-3-5-18(26-19)14-7-8-15-10-24-27(20(15)9-14)21-12-23-11-16(13-28)25-21;/h3,5-12,17,28H,2,4,13,22H2,1H3;1H2/t17-;/m0./s1. The second-order valence-corrected chi connectivity index (χ2v) is 6.70. The topological polar surface area (TPSA) is 103 Å². The van der Waals surface area contributed by atoms with Gasteiger partial charge < -0.3 is 10.8 Å². The second kappa shape index (κ2) is 9.13. The molecule has 4 rings (SSSR count). The molecule has 4 aromatic rings. The van der Waals surface area contributed by atoms with Crippen molar-refractivity contribution in [3.63, 3.8) is 0 Å². The third-order valence-corrected chi connectivity index (χ3v) is 4.67. The Balaban J connectivity index is 0.00000240. The largest absolute Gasteiger partial charge is 0.390 e. The Bertz CT molecular complexity index is 1110. The highest BCUT2D eigenvalue weighted by molar-refractivity contribution is 7.59. The fourth-order valence-corrected chi connectivity index (χ4v) is 3.21. The van der Waals surface area contributed by atoms with Crippen molar-refractivity contribution in [2.24, 2.45) is 5.73 Å². The van der Waals surface area contributed by atoms with Crippen molar-refractivity contribution in [3.8, 4) is 17.1 Å². The van der Waals surface area contributed by atoms with Crippen LogP contribution in [0.15, 0.2) is 55.0 Å². The van der Waals surface area contributed by atoms with Gasteiger partial charge in [-0.1, -0.05) is 31.5 Å². The summed E-state index contributed by atoms with van der Waals surface area (Å²) in [4.78, 5) is 13.3. The minimum Gasteiger partial charge on any atom is -0.390 e. The number of rotatable bonds is 6. The molecule has 0 bridgehead atoms. The molecule has 7 nitrogen and oxygen atoms in total. The molecular formula is C21H24N6OS. The van der Waals surface area contributed by atoms with E-state index in [1.165, 1.54) is 6.20 Å². The summed E-state index contributed by atoms with van der Waals surface area (Å²) in [5.41, 5.74) is 10.4. The third kappa shape index (κ3) is 4.29. The van der Waals surface area contributed by atoms with E-state index >= 15 is 0 Å². The summed E-state index contributed by atoms with van der Waals surface area (Å²) in [6, 6.07) is 12.0. The van der Waals surface area contributed by atoms with Gasteiger partial charge in [-0.3, -0.25) is 9.97 Å². The van der Waals surface area contributed by atoms with E-state index in [-0.39, 0.29) is 26.1 Å². The molecule has 29 heavy (non-hydrogen) atoms.